The van der Waals surface area contributed by atoms with Crippen molar-refractivity contribution in [3.05, 3.63) is 33.3 Å². The monoisotopic (exact) mass is 224 g/mol. The van der Waals surface area contributed by atoms with E-state index in [1.54, 1.807) is 13.0 Å². The summed E-state index contributed by atoms with van der Waals surface area (Å²) in [6, 6.07) is 4.12. The lowest BCUT2D eigenvalue weighted by atomic mass is 10.2. The van der Waals surface area contributed by atoms with E-state index in [1.165, 1.54) is 12.1 Å². The highest BCUT2D eigenvalue weighted by Gasteiger charge is 2.14. The van der Waals surface area contributed by atoms with Gasteiger partial charge in [0.1, 0.15) is 5.69 Å². The first-order chi connectivity index (χ1) is 7.04. The zero-order valence-corrected chi connectivity index (χ0v) is 8.78. The number of hydrogen-bond acceptors (Lipinski definition) is 3. The lowest BCUT2D eigenvalue weighted by Crippen LogP contribution is -2.13. The Balaban J connectivity index is 3.07. The molecule has 1 aromatic carbocycles. The van der Waals surface area contributed by atoms with Crippen LogP contribution in [-0.4, -0.2) is 11.0 Å². The van der Waals surface area contributed by atoms with E-state index < -0.39 is 4.92 Å². The van der Waals surface area contributed by atoms with E-state index in [-0.39, 0.29) is 11.7 Å². The fourth-order valence-corrected chi connectivity index (χ4v) is 1.22. The minimum Gasteiger partial charge on any atom is -0.366 e. The number of benzene rings is 1. The fourth-order valence-electron chi connectivity index (χ4n) is 1.05. The van der Waals surface area contributed by atoms with Crippen molar-refractivity contribution in [2.45, 2.75) is 13.0 Å². The quantitative estimate of drug-likeness (QED) is 0.488. The lowest BCUT2D eigenvalue weighted by molar-refractivity contribution is -0.384. The number of terminal acetylenes is 1. The molecular formula is C10H9ClN2O2. The Morgan fingerprint density at radius 3 is 2.87 bits per heavy atom. The topological polar surface area (TPSA) is 55.2 Å². The van der Waals surface area contributed by atoms with Crippen LogP contribution in [0.4, 0.5) is 11.4 Å². The standard InChI is InChI=1S/C10H9ClN2O2/c1-3-7(2)12-9-5-4-8(11)6-10(9)13(14)15/h1,4-7,12H,2H3. The molecule has 4 nitrogen and oxygen atoms in total. The van der Waals surface area contributed by atoms with Crippen LogP contribution in [0.2, 0.25) is 5.02 Å². The molecule has 0 aliphatic carbocycles. The Morgan fingerprint density at radius 2 is 2.33 bits per heavy atom. The van der Waals surface area contributed by atoms with Crippen LogP contribution in [0.25, 0.3) is 0 Å². The van der Waals surface area contributed by atoms with Crippen LogP contribution in [0.15, 0.2) is 18.2 Å². The summed E-state index contributed by atoms with van der Waals surface area (Å²) in [6.45, 7) is 1.73. The summed E-state index contributed by atoms with van der Waals surface area (Å²) in [5.74, 6) is 2.43. The highest BCUT2D eigenvalue weighted by molar-refractivity contribution is 6.30. The molecule has 0 saturated carbocycles. The maximum Gasteiger partial charge on any atom is 0.293 e. The van der Waals surface area contributed by atoms with Crippen molar-refractivity contribution in [1.82, 2.24) is 0 Å². The second-order valence-electron chi connectivity index (χ2n) is 2.95. The van der Waals surface area contributed by atoms with Gasteiger partial charge in [0.05, 0.1) is 11.0 Å². The average molecular weight is 225 g/mol. The van der Waals surface area contributed by atoms with E-state index >= 15 is 0 Å². The summed E-state index contributed by atoms with van der Waals surface area (Å²) in [6.07, 6.45) is 5.17. The first-order valence-electron chi connectivity index (χ1n) is 4.21. The molecule has 0 heterocycles. The molecule has 78 valence electrons. The zero-order valence-electron chi connectivity index (χ0n) is 8.03. The molecule has 0 aliphatic heterocycles. The average Bonchev–Trinajstić information content (AvgIpc) is 2.20. The van der Waals surface area contributed by atoms with Crippen LogP contribution in [0.3, 0.4) is 0 Å². The van der Waals surface area contributed by atoms with E-state index in [4.69, 9.17) is 18.0 Å². The Bertz CT molecular complexity index is 426. The predicted molar refractivity (Wildman–Crippen MR) is 60.0 cm³/mol. The number of nitro benzene ring substituents is 1. The van der Waals surface area contributed by atoms with Crippen molar-refractivity contribution in [1.29, 1.82) is 0 Å². The van der Waals surface area contributed by atoms with Crippen LogP contribution in [0.1, 0.15) is 6.92 Å². The van der Waals surface area contributed by atoms with Gasteiger partial charge in [0.15, 0.2) is 0 Å². The van der Waals surface area contributed by atoms with Gasteiger partial charge >= 0.3 is 0 Å². The molecule has 1 unspecified atom stereocenters. The highest BCUT2D eigenvalue weighted by Crippen LogP contribution is 2.27. The van der Waals surface area contributed by atoms with Crippen LogP contribution in [-0.2, 0) is 0 Å². The van der Waals surface area contributed by atoms with Gasteiger partial charge in [-0.3, -0.25) is 10.1 Å². The molecular weight excluding hydrogens is 216 g/mol. The summed E-state index contributed by atoms with van der Waals surface area (Å²) in [5.41, 5.74) is 0.291. The minimum absolute atomic E-state index is 0.0791. The number of halogens is 1. The largest absolute Gasteiger partial charge is 0.366 e. The first-order valence-corrected chi connectivity index (χ1v) is 4.59. The summed E-state index contributed by atoms with van der Waals surface area (Å²) < 4.78 is 0. The third-order valence-corrected chi connectivity index (χ3v) is 2.01. The Kier molecular flexibility index (Phi) is 3.53. The summed E-state index contributed by atoms with van der Waals surface area (Å²) in [4.78, 5) is 10.2. The van der Waals surface area contributed by atoms with E-state index in [2.05, 4.69) is 11.2 Å². The molecule has 0 saturated heterocycles. The fraction of sp³-hybridized carbons (Fsp3) is 0.200. The Labute approximate surface area is 92.4 Å². The Hall–Kier alpha value is -1.73. The highest BCUT2D eigenvalue weighted by atomic mass is 35.5. The molecule has 1 rings (SSSR count). The smallest absolute Gasteiger partial charge is 0.293 e. The third kappa shape index (κ3) is 2.86. The molecule has 0 bridgehead atoms. The van der Waals surface area contributed by atoms with Crippen LogP contribution >= 0.6 is 11.6 Å². The van der Waals surface area contributed by atoms with Crippen LogP contribution < -0.4 is 5.32 Å². The zero-order chi connectivity index (χ0) is 11.4. The van der Waals surface area contributed by atoms with Crippen LogP contribution in [0.5, 0.6) is 0 Å². The minimum atomic E-state index is -0.503. The van der Waals surface area contributed by atoms with Gasteiger partial charge in [-0.1, -0.05) is 17.5 Å². The van der Waals surface area contributed by atoms with E-state index in [0.717, 1.165) is 0 Å². The SMILES string of the molecule is C#CC(C)Nc1ccc(Cl)cc1[N+](=O)[O-]. The van der Waals surface area contributed by atoms with Gasteiger partial charge in [-0.25, -0.2) is 0 Å². The first kappa shape index (κ1) is 11.3. The molecule has 5 heteroatoms. The molecule has 0 aromatic heterocycles. The third-order valence-electron chi connectivity index (χ3n) is 1.78. The van der Waals surface area contributed by atoms with Gasteiger partial charge in [-0.15, -0.1) is 6.42 Å². The van der Waals surface area contributed by atoms with E-state index in [0.29, 0.717) is 10.7 Å². The molecule has 0 fully saturated rings. The number of nitrogens with one attached hydrogen (secondary N) is 1. The van der Waals surface area contributed by atoms with Gasteiger partial charge in [-0.2, -0.15) is 0 Å². The normalized spacial score (nSPS) is 11.5. The number of nitrogens with zero attached hydrogens (tertiary/aromatic N) is 1. The van der Waals surface area contributed by atoms with Crippen molar-refractivity contribution >= 4 is 23.0 Å². The van der Waals surface area contributed by atoms with Gasteiger partial charge < -0.3 is 5.32 Å². The molecule has 0 spiro atoms. The number of nitro groups is 1. The van der Waals surface area contributed by atoms with E-state index in [9.17, 15) is 10.1 Å². The van der Waals surface area contributed by atoms with E-state index in [1.807, 2.05) is 0 Å². The second kappa shape index (κ2) is 4.67. The Morgan fingerprint density at radius 1 is 1.67 bits per heavy atom. The molecule has 15 heavy (non-hydrogen) atoms. The summed E-state index contributed by atoms with van der Waals surface area (Å²) in [7, 11) is 0. The summed E-state index contributed by atoms with van der Waals surface area (Å²) in [5, 5.41) is 13.9. The lowest BCUT2D eigenvalue weighted by Gasteiger charge is -2.09. The second-order valence-corrected chi connectivity index (χ2v) is 3.39. The van der Waals surface area contributed by atoms with Gasteiger partial charge in [0, 0.05) is 11.1 Å². The molecule has 0 amide bonds. The predicted octanol–water partition coefficient (Wildman–Crippen LogP) is 2.68. The maximum atomic E-state index is 10.7. The van der Waals surface area contributed by atoms with Crippen molar-refractivity contribution < 1.29 is 4.92 Å². The maximum absolute atomic E-state index is 10.7. The molecule has 1 N–H and O–H groups in total. The van der Waals surface area contributed by atoms with Gasteiger partial charge in [0.2, 0.25) is 0 Å². The van der Waals surface area contributed by atoms with Gasteiger partial charge in [-0.05, 0) is 19.1 Å². The molecule has 0 radical (unpaired) electrons. The number of hydrogen-bond donors (Lipinski definition) is 1. The number of rotatable bonds is 3. The van der Waals surface area contributed by atoms with Crippen molar-refractivity contribution in [3.8, 4) is 12.3 Å². The number of anilines is 1. The van der Waals surface area contributed by atoms with Crippen molar-refractivity contribution in [2.75, 3.05) is 5.32 Å². The van der Waals surface area contributed by atoms with Crippen LogP contribution in [0, 0.1) is 22.5 Å². The molecule has 1 aromatic rings. The summed E-state index contributed by atoms with van der Waals surface area (Å²) >= 11 is 5.66. The van der Waals surface area contributed by atoms with Crippen molar-refractivity contribution in [2.24, 2.45) is 0 Å². The van der Waals surface area contributed by atoms with Gasteiger partial charge in [0.25, 0.3) is 5.69 Å². The molecule has 0 aliphatic rings. The van der Waals surface area contributed by atoms with Crippen molar-refractivity contribution in [3.63, 3.8) is 0 Å². The molecule has 1 atom stereocenters.